The van der Waals surface area contributed by atoms with E-state index in [9.17, 15) is 0 Å². The average Bonchev–Trinajstić information content (AvgIpc) is 2.38. The summed E-state index contributed by atoms with van der Waals surface area (Å²) < 4.78 is 0. The highest BCUT2D eigenvalue weighted by Gasteiger charge is 2.29. The van der Waals surface area contributed by atoms with Crippen LogP contribution in [0, 0.1) is 26.7 Å². The van der Waals surface area contributed by atoms with Crippen LogP contribution in [-0.2, 0) is 0 Å². The number of nitrogens with two attached hydrogens (primary N) is 1. The van der Waals surface area contributed by atoms with Gasteiger partial charge in [-0.3, -0.25) is 4.90 Å². The molecule has 0 amide bonds. The van der Waals surface area contributed by atoms with Gasteiger partial charge in [0.2, 0.25) is 0 Å². The number of aryl methyl sites for hydroxylation is 3. The standard InChI is InChI=1S/C18H30N2/c1-12-6-7-20(16(5)8-12)18(11-19)17-10-14(3)13(2)9-15(17)4/h9-10,12,16,18H,6-8,11,19H2,1-5H3. The summed E-state index contributed by atoms with van der Waals surface area (Å²) in [6.45, 7) is 13.2. The van der Waals surface area contributed by atoms with Crippen LogP contribution in [0.4, 0.5) is 0 Å². The molecule has 3 unspecified atom stereocenters. The Morgan fingerprint density at radius 3 is 2.40 bits per heavy atom. The molecule has 2 rings (SSSR count). The number of nitrogens with zero attached hydrogens (tertiary/aromatic N) is 1. The van der Waals surface area contributed by atoms with Gasteiger partial charge in [-0.15, -0.1) is 0 Å². The molecule has 1 heterocycles. The molecule has 2 nitrogen and oxygen atoms in total. The van der Waals surface area contributed by atoms with Crippen LogP contribution in [0.2, 0.25) is 0 Å². The number of hydrogen-bond donors (Lipinski definition) is 1. The summed E-state index contributed by atoms with van der Waals surface area (Å²) in [4.78, 5) is 2.62. The van der Waals surface area contributed by atoms with E-state index in [1.54, 1.807) is 0 Å². The van der Waals surface area contributed by atoms with E-state index in [0.29, 0.717) is 18.6 Å². The first-order valence-electron chi connectivity index (χ1n) is 7.97. The molecule has 1 aliphatic heterocycles. The molecule has 0 saturated carbocycles. The lowest BCUT2D eigenvalue weighted by atomic mass is 9.88. The molecule has 1 saturated heterocycles. The van der Waals surface area contributed by atoms with Gasteiger partial charge in [-0.05, 0) is 75.3 Å². The first kappa shape index (κ1) is 15.5. The summed E-state index contributed by atoms with van der Waals surface area (Å²) in [7, 11) is 0. The predicted octanol–water partition coefficient (Wildman–Crippen LogP) is 3.73. The summed E-state index contributed by atoms with van der Waals surface area (Å²) in [6.07, 6.45) is 2.59. The Bertz CT molecular complexity index is 467. The van der Waals surface area contributed by atoms with Gasteiger partial charge in [0.05, 0.1) is 0 Å². The topological polar surface area (TPSA) is 29.3 Å². The second-order valence-corrected chi connectivity index (χ2v) is 6.76. The lowest BCUT2D eigenvalue weighted by Gasteiger charge is -2.42. The second-order valence-electron chi connectivity index (χ2n) is 6.76. The van der Waals surface area contributed by atoms with E-state index in [4.69, 9.17) is 5.73 Å². The molecule has 0 spiro atoms. The van der Waals surface area contributed by atoms with E-state index in [1.165, 1.54) is 41.6 Å². The van der Waals surface area contributed by atoms with Crippen molar-refractivity contribution in [2.24, 2.45) is 11.7 Å². The van der Waals surface area contributed by atoms with Crippen LogP contribution >= 0.6 is 0 Å². The van der Waals surface area contributed by atoms with E-state index >= 15 is 0 Å². The van der Waals surface area contributed by atoms with Gasteiger partial charge in [0, 0.05) is 18.6 Å². The molecule has 1 aliphatic rings. The third kappa shape index (κ3) is 3.07. The van der Waals surface area contributed by atoms with Crippen molar-refractivity contribution in [1.29, 1.82) is 0 Å². The maximum Gasteiger partial charge on any atom is 0.0475 e. The summed E-state index contributed by atoms with van der Waals surface area (Å²) in [5, 5.41) is 0. The van der Waals surface area contributed by atoms with Crippen LogP contribution in [0.1, 0.15) is 55.0 Å². The molecule has 0 aliphatic carbocycles. The number of hydrogen-bond acceptors (Lipinski definition) is 2. The van der Waals surface area contributed by atoms with Gasteiger partial charge in [0.1, 0.15) is 0 Å². The Morgan fingerprint density at radius 1 is 1.15 bits per heavy atom. The zero-order valence-corrected chi connectivity index (χ0v) is 13.7. The SMILES string of the molecule is Cc1cc(C)c(C(CN)N2CCC(C)CC2C)cc1C. The normalized spacial score (nSPS) is 25.7. The molecular formula is C18H30N2. The molecule has 1 aromatic carbocycles. The van der Waals surface area contributed by atoms with Crippen LogP contribution in [0.5, 0.6) is 0 Å². The van der Waals surface area contributed by atoms with E-state index < -0.39 is 0 Å². The van der Waals surface area contributed by atoms with Gasteiger partial charge in [0.25, 0.3) is 0 Å². The maximum atomic E-state index is 6.15. The largest absolute Gasteiger partial charge is 0.329 e. The van der Waals surface area contributed by atoms with Crippen LogP contribution in [-0.4, -0.2) is 24.0 Å². The predicted molar refractivity (Wildman–Crippen MR) is 87.0 cm³/mol. The van der Waals surface area contributed by atoms with Gasteiger partial charge in [0.15, 0.2) is 0 Å². The van der Waals surface area contributed by atoms with Crippen molar-refractivity contribution in [3.8, 4) is 0 Å². The van der Waals surface area contributed by atoms with Crippen molar-refractivity contribution in [2.75, 3.05) is 13.1 Å². The second kappa shape index (κ2) is 6.28. The van der Waals surface area contributed by atoms with Crippen LogP contribution in [0.15, 0.2) is 12.1 Å². The molecule has 0 bridgehead atoms. The van der Waals surface area contributed by atoms with Crippen LogP contribution < -0.4 is 5.73 Å². The van der Waals surface area contributed by atoms with Gasteiger partial charge in [-0.25, -0.2) is 0 Å². The van der Waals surface area contributed by atoms with Crippen molar-refractivity contribution in [2.45, 2.75) is 59.5 Å². The quantitative estimate of drug-likeness (QED) is 0.910. The minimum absolute atomic E-state index is 0.372. The van der Waals surface area contributed by atoms with E-state index in [1.807, 2.05) is 0 Å². The third-order valence-electron chi connectivity index (χ3n) is 5.05. The van der Waals surface area contributed by atoms with Crippen molar-refractivity contribution in [3.63, 3.8) is 0 Å². The number of piperidine rings is 1. The van der Waals surface area contributed by atoms with Gasteiger partial charge < -0.3 is 5.73 Å². The lowest BCUT2D eigenvalue weighted by Crippen LogP contribution is -2.45. The van der Waals surface area contributed by atoms with Gasteiger partial charge >= 0.3 is 0 Å². The van der Waals surface area contributed by atoms with Crippen LogP contribution in [0.3, 0.4) is 0 Å². The van der Waals surface area contributed by atoms with Crippen molar-refractivity contribution in [3.05, 3.63) is 34.4 Å². The summed E-state index contributed by atoms with van der Waals surface area (Å²) in [5.74, 6) is 0.848. The summed E-state index contributed by atoms with van der Waals surface area (Å²) >= 11 is 0. The molecule has 112 valence electrons. The monoisotopic (exact) mass is 274 g/mol. The van der Waals surface area contributed by atoms with Crippen molar-refractivity contribution < 1.29 is 0 Å². The molecule has 1 fully saturated rings. The Balaban J connectivity index is 2.30. The molecule has 20 heavy (non-hydrogen) atoms. The molecule has 1 aromatic rings. The number of rotatable bonds is 3. The fourth-order valence-corrected chi connectivity index (χ4v) is 3.67. The minimum atomic E-state index is 0.372. The zero-order valence-electron chi connectivity index (χ0n) is 13.7. The summed E-state index contributed by atoms with van der Waals surface area (Å²) in [5.41, 5.74) is 11.7. The Morgan fingerprint density at radius 2 is 1.80 bits per heavy atom. The average molecular weight is 274 g/mol. The molecule has 3 atom stereocenters. The zero-order chi connectivity index (χ0) is 14.9. The fourth-order valence-electron chi connectivity index (χ4n) is 3.67. The molecule has 2 heteroatoms. The minimum Gasteiger partial charge on any atom is -0.329 e. The van der Waals surface area contributed by atoms with Crippen LogP contribution in [0.25, 0.3) is 0 Å². The molecule has 0 aromatic heterocycles. The highest BCUT2D eigenvalue weighted by Crippen LogP contribution is 2.32. The highest BCUT2D eigenvalue weighted by atomic mass is 15.2. The van der Waals surface area contributed by atoms with Gasteiger partial charge in [-0.2, -0.15) is 0 Å². The first-order valence-corrected chi connectivity index (χ1v) is 7.97. The maximum absolute atomic E-state index is 6.15. The van der Waals surface area contributed by atoms with Crippen molar-refractivity contribution >= 4 is 0 Å². The number of benzene rings is 1. The smallest absolute Gasteiger partial charge is 0.0475 e. The van der Waals surface area contributed by atoms with E-state index in [2.05, 4.69) is 51.7 Å². The highest BCUT2D eigenvalue weighted by molar-refractivity contribution is 5.38. The molecule has 0 radical (unpaired) electrons. The number of likely N-dealkylation sites (tertiary alicyclic amines) is 1. The lowest BCUT2D eigenvalue weighted by molar-refractivity contribution is 0.0844. The molecular weight excluding hydrogens is 244 g/mol. The Hall–Kier alpha value is -0.860. The first-order chi connectivity index (χ1) is 9.43. The Labute approximate surface area is 124 Å². The summed E-state index contributed by atoms with van der Waals surface area (Å²) in [6, 6.07) is 5.67. The molecule has 2 N–H and O–H groups in total. The van der Waals surface area contributed by atoms with E-state index in [0.717, 1.165) is 5.92 Å². The van der Waals surface area contributed by atoms with Gasteiger partial charge in [-0.1, -0.05) is 19.1 Å². The third-order valence-corrected chi connectivity index (χ3v) is 5.05. The Kier molecular flexibility index (Phi) is 4.87. The fraction of sp³-hybridized carbons (Fsp3) is 0.667. The van der Waals surface area contributed by atoms with Crippen molar-refractivity contribution in [1.82, 2.24) is 4.90 Å². The van der Waals surface area contributed by atoms with E-state index in [-0.39, 0.29) is 0 Å².